The molecule has 1 heterocycles. The summed E-state index contributed by atoms with van der Waals surface area (Å²) in [4.78, 5) is 17.0. The van der Waals surface area contributed by atoms with E-state index in [1.54, 1.807) is 19.1 Å². The first-order valence-corrected chi connectivity index (χ1v) is 10.9. The van der Waals surface area contributed by atoms with Crippen molar-refractivity contribution in [2.45, 2.75) is 13.8 Å². The highest BCUT2D eigenvalue weighted by Gasteiger charge is 2.13. The monoisotopic (exact) mass is 401 g/mol. The zero-order valence-electron chi connectivity index (χ0n) is 15.1. The minimum atomic E-state index is -3.42. The molecule has 2 aromatic carbocycles. The summed E-state index contributed by atoms with van der Waals surface area (Å²) < 4.78 is 25.3. The Labute approximate surface area is 162 Å². The van der Waals surface area contributed by atoms with Crippen LogP contribution in [0.1, 0.15) is 21.5 Å². The normalized spacial score (nSPS) is 11.2. The van der Waals surface area contributed by atoms with Gasteiger partial charge in [-0.1, -0.05) is 35.9 Å². The van der Waals surface area contributed by atoms with E-state index in [-0.39, 0.29) is 5.91 Å². The smallest absolute Gasteiger partial charge is 0.257 e. The van der Waals surface area contributed by atoms with Crippen LogP contribution in [0.2, 0.25) is 0 Å². The lowest BCUT2D eigenvalue weighted by Gasteiger charge is -2.09. The number of anilines is 2. The van der Waals surface area contributed by atoms with Crippen molar-refractivity contribution in [2.24, 2.45) is 0 Å². The molecule has 0 aliphatic heterocycles. The van der Waals surface area contributed by atoms with Gasteiger partial charge >= 0.3 is 0 Å². The number of sulfonamides is 1. The number of amides is 1. The van der Waals surface area contributed by atoms with Gasteiger partial charge in [-0.15, -0.1) is 11.3 Å². The molecule has 27 heavy (non-hydrogen) atoms. The Balaban J connectivity index is 1.78. The van der Waals surface area contributed by atoms with Gasteiger partial charge in [0.1, 0.15) is 0 Å². The number of rotatable bonds is 5. The second-order valence-corrected chi connectivity index (χ2v) is 8.87. The molecule has 0 spiro atoms. The number of benzene rings is 2. The number of aromatic nitrogens is 1. The molecule has 0 unspecified atom stereocenters. The Morgan fingerprint density at radius 3 is 2.44 bits per heavy atom. The largest absolute Gasteiger partial charge is 0.298 e. The van der Waals surface area contributed by atoms with Crippen molar-refractivity contribution in [3.05, 3.63) is 64.5 Å². The lowest BCUT2D eigenvalue weighted by molar-refractivity contribution is 0.102. The minimum absolute atomic E-state index is 0.346. The lowest BCUT2D eigenvalue weighted by atomic mass is 10.1. The predicted octanol–water partition coefficient (Wildman–Crippen LogP) is 4.05. The SMILES string of the molecule is Cc1ccc(-c2csc(NC(=O)c3ccc(C)c(NS(C)(=O)=O)c3)n2)cc1. The summed E-state index contributed by atoms with van der Waals surface area (Å²) in [6.45, 7) is 3.79. The second kappa shape index (κ2) is 7.50. The maximum Gasteiger partial charge on any atom is 0.257 e. The molecule has 0 bridgehead atoms. The molecule has 0 saturated carbocycles. The summed E-state index contributed by atoms with van der Waals surface area (Å²) in [5.74, 6) is -0.351. The molecule has 140 valence electrons. The van der Waals surface area contributed by atoms with E-state index in [0.29, 0.717) is 16.4 Å². The van der Waals surface area contributed by atoms with Crippen molar-refractivity contribution in [2.75, 3.05) is 16.3 Å². The Morgan fingerprint density at radius 2 is 1.78 bits per heavy atom. The first-order chi connectivity index (χ1) is 12.7. The molecule has 2 N–H and O–H groups in total. The number of carbonyl (C=O) groups is 1. The summed E-state index contributed by atoms with van der Waals surface area (Å²) in [5.41, 5.74) is 4.39. The molecule has 3 rings (SSSR count). The minimum Gasteiger partial charge on any atom is -0.298 e. The average molecular weight is 402 g/mol. The molecule has 1 aromatic heterocycles. The molecule has 1 amide bonds. The molecule has 8 heteroatoms. The first kappa shape index (κ1) is 19.1. The summed E-state index contributed by atoms with van der Waals surface area (Å²) >= 11 is 1.33. The predicted molar refractivity (Wildman–Crippen MR) is 110 cm³/mol. The van der Waals surface area contributed by atoms with E-state index in [9.17, 15) is 13.2 Å². The van der Waals surface area contributed by atoms with E-state index >= 15 is 0 Å². The van der Waals surface area contributed by atoms with Crippen molar-refractivity contribution in [3.63, 3.8) is 0 Å². The fraction of sp³-hybridized carbons (Fsp3) is 0.158. The average Bonchev–Trinajstić information content (AvgIpc) is 3.04. The number of hydrogen-bond acceptors (Lipinski definition) is 5. The zero-order chi connectivity index (χ0) is 19.6. The van der Waals surface area contributed by atoms with Crippen molar-refractivity contribution < 1.29 is 13.2 Å². The Morgan fingerprint density at radius 1 is 1.07 bits per heavy atom. The van der Waals surface area contributed by atoms with Crippen LogP contribution < -0.4 is 10.0 Å². The van der Waals surface area contributed by atoms with E-state index < -0.39 is 10.0 Å². The number of nitrogens with one attached hydrogen (secondary N) is 2. The lowest BCUT2D eigenvalue weighted by Crippen LogP contribution is -2.14. The topological polar surface area (TPSA) is 88.2 Å². The van der Waals surface area contributed by atoms with Crippen LogP contribution in [0.3, 0.4) is 0 Å². The van der Waals surface area contributed by atoms with E-state index in [2.05, 4.69) is 15.0 Å². The molecule has 6 nitrogen and oxygen atoms in total. The van der Waals surface area contributed by atoms with Crippen molar-refractivity contribution in [1.82, 2.24) is 4.98 Å². The maximum absolute atomic E-state index is 12.5. The number of carbonyl (C=O) groups excluding carboxylic acids is 1. The van der Waals surface area contributed by atoms with Gasteiger partial charge in [-0.2, -0.15) is 0 Å². The van der Waals surface area contributed by atoms with Crippen LogP contribution in [0.5, 0.6) is 0 Å². The molecule has 0 aliphatic rings. The molecule has 0 aliphatic carbocycles. The van der Waals surface area contributed by atoms with Gasteiger partial charge in [0, 0.05) is 16.5 Å². The quantitative estimate of drug-likeness (QED) is 0.675. The van der Waals surface area contributed by atoms with Gasteiger partial charge in [0.2, 0.25) is 10.0 Å². The molecular weight excluding hydrogens is 382 g/mol. The molecule has 3 aromatic rings. The van der Waals surface area contributed by atoms with Gasteiger partial charge in [0.15, 0.2) is 5.13 Å². The molecular formula is C19H19N3O3S2. The van der Waals surface area contributed by atoms with Crippen LogP contribution in [-0.4, -0.2) is 25.6 Å². The van der Waals surface area contributed by atoms with Gasteiger partial charge < -0.3 is 0 Å². The maximum atomic E-state index is 12.5. The molecule has 0 saturated heterocycles. The van der Waals surface area contributed by atoms with Crippen LogP contribution in [0, 0.1) is 13.8 Å². The van der Waals surface area contributed by atoms with E-state index in [4.69, 9.17) is 0 Å². The number of aryl methyl sites for hydroxylation is 2. The summed E-state index contributed by atoms with van der Waals surface area (Å²) in [6.07, 6.45) is 1.07. The van der Waals surface area contributed by atoms with Crippen LogP contribution in [-0.2, 0) is 10.0 Å². The standard InChI is InChI=1S/C19H19N3O3S2/c1-12-4-7-14(8-5-12)17-11-26-19(20-17)21-18(23)15-9-6-13(2)16(10-15)22-27(3,24)25/h4-11,22H,1-3H3,(H,20,21,23). The summed E-state index contributed by atoms with van der Waals surface area (Å²) in [6, 6.07) is 12.8. The third-order valence-electron chi connectivity index (χ3n) is 3.87. The second-order valence-electron chi connectivity index (χ2n) is 6.26. The van der Waals surface area contributed by atoms with E-state index in [0.717, 1.165) is 23.1 Å². The van der Waals surface area contributed by atoms with Gasteiger partial charge in [0.05, 0.1) is 17.6 Å². The van der Waals surface area contributed by atoms with Crippen LogP contribution in [0.25, 0.3) is 11.3 Å². The number of thiazole rings is 1. The number of hydrogen-bond donors (Lipinski definition) is 2. The third kappa shape index (κ3) is 4.93. The van der Waals surface area contributed by atoms with Crippen LogP contribution in [0.4, 0.5) is 10.8 Å². The van der Waals surface area contributed by atoms with Crippen LogP contribution >= 0.6 is 11.3 Å². The first-order valence-electron chi connectivity index (χ1n) is 8.13. The Kier molecular flexibility index (Phi) is 5.29. The van der Waals surface area contributed by atoms with Crippen molar-refractivity contribution in [1.29, 1.82) is 0 Å². The fourth-order valence-corrected chi connectivity index (χ4v) is 3.76. The molecule has 0 atom stereocenters. The van der Waals surface area contributed by atoms with Gasteiger partial charge in [-0.3, -0.25) is 14.8 Å². The van der Waals surface area contributed by atoms with Crippen molar-refractivity contribution in [3.8, 4) is 11.3 Å². The van der Waals surface area contributed by atoms with Gasteiger partial charge in [-0.25, -0.2) is 13.4 Å². The highest BCUT2D eigenvalue weighted by molar-refractivity contribution is 7.92. The third-order valence-corrected chi connectivity index (χ3v) is 5.22. The van der Waals surface area contributed by atoms with Gasteiger partial charge in [-0.05, 0) is 31.5 Å². The fourth-order valence-electron chi connectivity index (χ4n) is 2.43. The van der Waals surface area contributed by atoms with E-state index in [1.807, 2.05) is 36.6 Å². The number of nitrogens with zero attached hydrogens (tertiary/aromatic N) is 1. The van der Waals surface area contributed by atoms with Gasteiger partial charge in [0.25, 0.3) is 5.91 Å². The van der Waals surface area contributed by atoms with Crippen molar-refractivity contribution >= 4 is 38.1 Å². The molecule has 0 fully saturated rings. The summed E-state index contributed by atoms with van der Waals surface area (Å²) in [5, 5.41) is 5.12. The summed E-state index contributed by atoms with van der Waals surface area (Å²) in [7, 11) is -3.42. The molecule has 0 radical (unpaired) electrons. The Hall–Kier alpha value is -2.71. The zero-order valence-corrected chi connectivity index (χ0v) is 16.7. The highest BCUT2D eigenvalue weighted by atomic mass is 32.2. The highest BCUT2D eigenvalue weighted by Crippen LogP contribution is 2.26. The van der Waals surface area contributed by atoms with E-state index in [1.165, 1.54) is 23.0 Å². The Bertz CT molecular complexity index is 1090. The van der Waals surface area contributed by atoms with Crippen LogP contribution in [0.15, 0.2) is 47.8 Å².